The van der Waals surface area contributed by atoms with Crippen molar-refractivity contribution in [3.05, 3.63) is 23.8 Å². The fourth-order valence-electron chi connectivity index (χ4n) is 3.02. The van der Waals surface area contributed by atoms with Crippen molar-refractivity contribution in [3.63, 3.8) is 0 Å². The summed E-state index contributed by atoms with van der Waals surface area (Å²) < 4.78 is 4.97. The number of amides is 1. The van der Waals surface area contributed by atoms with Crippen LogP contribution in [0.1, 0.15) is 36.0 Å². The van der Waals surface area contributed by atoms with Crippen LogP contribution in [0.3, 0.4) is 0 Å². The fraction of sp³-hybridized carbons (Fsp3) is 0.562. The molecule has 1 aromatic rings. The Morgan fingerprint density at radius 2 is 2.10 bits per heavy atom. The molecule has 0 radical (unpaired) electrons. The van der Waals surface area contributed by atoms with E-state index >= 15 is 0 Å². The van der Waals surface area contributed by atoms with Crippen LogP contribution in [0.5, 0.6) is 11.5 Å². The fourth-order valence-corrected chi connectivity index (χ4v) is 3.02. The third kappa shape index (κ3) is 3.88. The molecule has 1 amide bonds. The predicted molar refractivity (Wildman–Crippen MR) is 81.5 cm³/mol. The van der Waals surface area contributed by atoms with Crippen molar-refractivity contribution < 1.29 is 14.6 Å². The van der Waals surface area contributed by atoms with Gasteiger partial charge < -0.3 is 20.9 Å². The van der Waals surface area contributed by atoms with Crippen LogP contribution in [0, 0.1) is 11.8 Å². The van der Waals surface area contributed by atoms with Crippen LogP contribution in [-0.4, -0.2) is 31.2 Å². The second-order valence-electron chi connectivity index (χ2n) is 5.64. The SMILES string of the molecule is COc1ccc(C(=O)NCC2CCCCC2CN)cc1O. The van der Waals surface area contributed by atoms with Crippen molar-refractivity contribution in [1.29, 1.82) is 0 Å². The number of hydrogen-bond donors (Lipinski definition) is 3. The highest BCUT2D eigenvalue weighted by molar-refractivity contribution is 5.94. The van der Waals surface area contributed by atoms with Gasteiger partial charge in [0.05, 0.1) is 7.11 Å². The Morgan fingerprint density at radius 1 is 1.38 bits per heavy atom. The van der Waals surface area contributed by atoms with E-state index in [1.165, 1.54) is 26.0 Å². The molecule has 0 aliphatic heterocycles. The zero-order chi connectivity index (χ0) is 15.2. The standard InChI is InChI=1S/C16H24N2O3/c1-21-15-7-6-11(8-14(15)19)16(20)18-10-13-5-3-2-4-12(13)9-17/h6-8,12-13,19H,2-5,9-10,17H2,1H3,(H,18,20). The molecule has 0 spiro atoms. The van der Waals surface area contributed by atoms with Gasteiger partial charge in [-0.1, -0.05) is 12.8 Å². The van der Waals surface area contributed by atoms with Gasteiger partial charge in [-0.05, 0) is 49.4 Å². The Hall–Kier alpha value is -1.75. The van der Waals surface area contributed by atoms with Gasteiger partial charge in [0.25, 0.3) is 5.91 Å². The Bertz CT molecular complexity index is 490. The average molecular weight is 292 g/mol. The Balaban J connectivity index is 1.93. The molecule has 1 saturated carbocycles. The summed E-state index contributed by atoms with van der Waals surface area (Å²) >= 11 is 0. The molecule has 1 aliphatic rings. The highest BCUT2D eigenvalue weighted by Crippen LogP contribution is 2.29. The van der Waals surface area contributed by atoms with Crippen molar-refractivity contribution in [2.45, 2.75) is 25.7 Å². The van der Waals surface area contributed by atoms with E-state index in [0.717, 1.165) is 12.8 Å². The van der Waals surface area contributed by atoms with Crippen molar-refractivity contribution in [3.8, 4) is 11.5 Å². The van der Waals surface area contributed by atoms with Crippen LogP contribution in [0.4, 0.5) is 0 Å². The third-order valence-electron chi connectivity index (χ3n) is 4.34. The third-order valence-corrected chi connectivity index (χ3v) is 4.34. The molecule has 0 saturated heterocycles. The molecule has 2 unspecified atom stereocenters. The summed E-state index contributed by atoms with van der Waals surface area (Å²) in [7, 11) is 1.48. The van der Waals surface area contributed by atoms with Gasteiger partial charge in [0, 0.05) is 12.1 Å². The minimum Gasteiger partial charge on any atom is -0.504 e. The van der Waals surface area contributed by atoms with Crippen molar-refractivity contribution in [2.75, 3.05) is 20.2 Å². The summed E-state index contributed by atoms with van der Waals surface area (Å²) in [6.45, 7) is 1.33. The van der Waals surface area contributed by atoms with Crippen molar-refractivity contribution in [2.24, 2.45) is 17.6 Å². The zero-order valence-corrected chi connectivity index (χ0v) is 12.5. The van der Waals surface area contributed by atoms with E-state index in [4.69, 9.17) is 10.5 Å². The molecule has 21 heavy (non-hydrogen) atoms. The van der Waals surface area contributed by atoms with Crippen LogP contribution in [0.2, 0.25) is 0 Å². The van der Waals surface area contributed by atoms with E-state index in [9.17, 15) is 9.90 Å². The summed E-state index contributed by atoms with van der Waals surface area (Å²) in [5.74, 6) is 1.13. The molecule has 116 valence electrons. The first-order chi connectivity index (χ1) is 10.2. The van der Waals surface area contributed by atoms with Gasteiger partial charge in [-0.2, -0.15) is 0 Å². The number of hydrogen-bond acceptors (Lipinski definition) is 4. The second-order valence-corrected chi connectivity index (χ2v) is 5.64. The summed E-state index contributed by atoms with van der Waals surface area (Å²) in [5.41, 5.74) is 6.24. The molecule has 5 nitrogen and oxygen atoms in total. The molecule has 0 heterocycles. The van der Waals surface area contributed by atoms with Gasteiger partial charge in [-0.3, -0.25) is 4.79 Å². The molecule has 0 aromatic heterocycles. The number of aromatic hydroxyl groups is 1. The number of carbonyl (C=O) groups is 1. The van der Waals surface area contributed by atoms with E-state index in [1.54, 1.807) is 12.1 Å². The van der Waals surface area contributed by atoms with E-state index in [-0.39, 0.29) is 11.7 Å². The first kappa shape index (κ1) is 15.6. The molecule has 1 fully saturated rings. The zero-order valence-electron chi connectivity index (χ0n) is 12.5. The molecule has 0 bridgehead atoms. The first-order valence-electron chi connectivity index (χ1n) is 7.51. The molecule has 2 rings (SSSR count). The summed E-state index contributed by atoms with van der Waals surface area (Å²) in [6.07, 6.45) is 4.72. The van der Waals surface area contributed by atoms with Gasteiger partial charge in [-0.15, -0.1) is 0 Å². The van der Waals surface area contributed by atoms with Gasteiger partial charge in [-0.25, -0.2) is 0 Å². The number of ether oxygens (including phenoxy) is 1. The topological polar surface area (TPSA) is 84.6 Å². The molecule has 1 aromatic carbocycles. The Morgan fingerprint density at radius 3 is 2.71 bits per heavy atom. The van der Waals surface area contributed by atoms with Crippen LogP contribution in [0.15, 0.2) is 18.2 Å². The molecule has 2 atom stereocenters. The average Bonchev–Trinajstić information content (AvgIpc) is 2.52. The molecule has 1 aliphatic carbocycles. The lowest BCUT2D eigenvalue weighted by Crippen LogP contribution is -2.36. The Kier molecular flexibility index (Phi) is 5.44. The minimum atomic E-state index is -0.172. The smallest absolute Gasteiger partial charge is 0.251 e. The number of nitrogens with one attached hydrogen (secondary N) is 1. The van der Waals surface area contributed by atoms with Gasteiger partial charge in [0.1, 0.15) is 0 Å². The maximum Gasteiger partial charge on any atom is 0.251 e. The largest absolute Gasteiger partial charge is 0.504 e. The van der Waals surface area contributed by atoms with Gasteiger partial charge in [0.2, 0.25) is 0 Å². The second kappa shape index (κ2) is 7.31. The van der Waals surface area contributed by atoms with E-state index in [1.807, 2.05) is 0 Å². The number of methoxy groups -OCH3 is 1. The number of nitrogens with two attached hydrogens (primary N) is 1. The van der Waals surface area contributed by atoms with Crippen molar-refractivity contribution >= 4 is 5.91 Å². The minimum absolute atomic E-state index is 0.0253. The summed E-state index contributed by atoms with van der Waals surface area (Å²) in [6, 6.07) is 4.66. The van der Waals surface area contributed by atoms with Gasteiger partial charge in [0.15, 0.2) is 11.5 Å². The quantitative estimate of drug-likeness (QED) is 0.774. The van der Waals surface area contributed by atoms with Crippen LogP contribution in [0.25, 0.3) is 0 Å². The normalized spacial score (nSPS) is 21.8. The molecular weight excluding hydrogens is 268 g/mol. The van der Waals surface area contributed by atoms with Crippen LogP contribution < -0.4 is 15.8 Å². The van der Waals surface area contributed by atoms with E-state index in [0.29, 0.717) is 36.2 Å². The summed E-state index contributed by atoms with van der Waals surface area (Å²) in [5, 5.41) is 12.7. The number of benzene rings is 1. The highest BCUT2D eigenvalue weighted by Gasteiger charge is 2.24. The summed E-state index contributed by atoms with van der Waals surface area (Å²) in [4.78, 5) is 12.1. The predicted octanol–water partition coefficient (Wildman–Crippen LogP) is 1.90. The van der Waals surface area contributed by atoms with E-state index in [2.05, 4.69) is 5.32 Å². The lowest BCUT2D eigenvalue weighted by molar-refractivity contribution is 0.0934. The van der Waals surface area contributed by atoms with Crippen LogP contribution >= 0.6 is 0 Å². The number of phenols is 1. The molecular formula is C16H24N2O3. The highest BCUT2D eigenvalue weighted by atomic mass is 16.5. The maximum absolute atomic E-state index is 12.1. The molecule has 4 N–H and O–H groups in total. The monoisotopic (exact) mass is 292 g/mol. The van der Waals surface area contributed by atoms with Gasteiger partial charge >= 0.3 is 0 Å². The van der Waals surface area contributed by atoms with Crippen molar-refractivity contribution in [1.82, 2.24) is 5.32 Å². The molecule has 5 heteroatoms. The van der Waals surface area contributed by atoms with E-state index < -0.39 is 0 Å². The first-order valence-corrected chi connectivity index (χ1v) is 7.51. The number of rotatable bonds is 5. The maximum atomic E-state index is 12.1. The number of carbonyl (C=O) groups excluding carboxylic acids is 1. The van der Waals surface area contributed by atoms with Crippen LogP contribution in [-0.2, 0) is 0 Å². The Labute approximate surface area is 125 Å². The number of phenolic OH excluding ortho intramolecular Hbond substituents is 1. The lowest BCUT2D eigenvalue weighted by atomic mass is 9.79. The lowest BCUT2D eigenvalue weighted by Gasteiger charge is -2.30.